The number of aryl methyl sites for hydroxylation is 1. The molecule has 1 heterocycles. The smallest absolute Gasteiger partial charge is 0.335 e. The van der Waals surface area contributed by atoms with E-state index in [0.29, 0.717) is 5.56 Å². The van der Waals surface area contributed by atoms with Gasteiger partial charge in [0.15, 0.2) is 0 Å². The van der Waals surface area contributed by atoms with Gasteiger partial charge in [-0.05, 0) is 17.7 Å². The number of carboxylic acid groups (broad SMARTS) is 1. The molecule has 0 fully saturated rings. The molecule has 1 aromatic heterocycles. The van der Waals surface area contributed by atoms with Crippen LogP contribution in [0.3, 0.4) is 0 Å². The van der Waals surface area contributed by atoms with Crippen LogP contribution in [0.1, 0.15) is 15.9 Å². The fourth-order valence-corrected chi connectivity index (χ4v) is 2.56. The third-order valence-electron chi connectivity index (χ3n) is 2.66. The fourth-order valence-electron chi connectivity index (χ4n) is 1.56. The summed E-state index contributed by atoms with van der Waals surface area (Å²) in [7, 11) is -1.99. The van der Waals surface area contributed by atoms with E-state index in [2.05, 4.69) is 9.82 Å². The van der Waals surface area contributed by atoms with Crippen LogP contribution in [0.5, 0.6) is 0 Å². The standard InChI is InChI=1S/C12H13N3O4S/c1-15-8-11(7-13-15)20(18,19)14-6-9-2-4-10(5-3-9)12(16)17/h2-5,7-8,14H,6H2,1H3,(H,16,17). The number of aromatic nitrogens is 2. The second kappa shape index (κ2) is 5.43. The molecular weight excluding hydrogens is 282 g/mol. The number of hydrogen-bond donors (Lipinski definition) is 2. The quantitative estimate of drug-likeness (QED) is 0.841. The Bertz CT molecular complexity index is 719. The first-order valence-corrected chi connectivity index (χ1v) is 7.17. The van der Waals surface area contributed by atoms with E-state index in [1.807, 2.05) is 0 Å². The fraction of sp³-hybridized carbons (Fsp3) is 0.167. The summed E-state index contributed by atoms with van der Waals surface area (Å²) in [6, 6.07) is 5.98. The lowest BCUT2D eigenvalue weighted by Crippen LogP contribution is -2.22. The van der Waals surface area contributed by atoms with E-state index in [-0.39, 0.29) is 17.0 Å². The van der Waals surface area contributed by atoms with Gasteiger partial charge in [0.1, 0.15) is 4.90 Å². The molecule has 0 atom stereocenters. The molecular formula is C12H13N3O4S. The Balaban J connectivity index is 2.06. The number of hydrogen-bond acceptors (Lipinski definition) is 4. The molecule has 0 unspecified atom stereocenters. The molecule has 0 spiro atoms. The summed E-state index contributed by atoms with van der Waals surface area (Å²) in [5.74, 6) is -1.02. The minimum absolute atomic E-state index is 0.0805. The van der Waals surface area contributed by atoms with Crippen LogP contribution in [0.15, 0.2) is 41.6 Å². The summed E-state index contributed by atoms with van der Waals surface area (Å²) in [5, 5.41) is 12.6. The van der Waals surface area contributed by atoms with Gasteiger partial charge in [0, 0.05) is 19.8 Å². The Kier molecular flexibility index (Phi) is 3.86. The Morgan fingerprint density at radius 2 is 2.00 bits per heavy atom. The number of carbonyl (C=O) groups is 1. The third-order valence-corrected chi connectivity index (χ3v) is 4.01. The highest BCUT2D eigenvalue weighted by Gasteiger charge is 2.15. The van der Waals surface area contributed by atoms with Gasteiger partial charge in [-0.15, -0.1) is 0 Å². The van der Waals surface area contributed by atoms with Gasteiger partial charge in [0.05, 0.1) is 11.8 Å². The summed E-state index contributed by atoms with van der Waals surface area (Å²) in [6.07, 6.45) is 2.66. The van der Waals surface area contributed by atoms with Crippen LogP contribution >= 0.6 is 0 Å². The zero-order valence-corrected chi connectivity index (χ0v) is 11.5. The van der Waals surface area contributed by atoms with Crippen molar-refractivity contribution < 1.29 is 18.3 Å². The van der Waals surface area contributed by atoms with Crippen molar-refractivity contribution in [3.05, 3.63) is 47.8 Å². The van der Waals surface area contributed by atoms with Crippen LogP contribution in [-0.4, -0.2) is 29.3 Å². The first-order chi connectivity index (χ1) is 9.38. The maximum absolute atomic E-state index is 11.9. The highest BCUT2D eigenvalue weighted by atomic mass is 32.2. The maximum Gasteiger partial charge on any atom is 0.335 e. The Labute approximate surface area is 115 Å². The van der Waals surface area contributed by atoms with Crippen LogP contribution in [0, 0.1) is 0 Å². The number of carboxylic acids is 1. The monoisotopic (exact) mass is 295 g/mol. The van der Waals surface area contributed by atoms with Crippen molar-refractivity contribution in [3.63, 3.8) is 0 Å². The van der Waals surface area contributed by atoms with Crippen LogP contribution in [0.4, 0.5) is 0 Å². The molecule has 0 aliphatic rings. The van der Waals surface area contributed by atoms with E-state index >= 15 is 0 Å². The van der Waals surface area contributed by atoms with Gasteiger partial charge in [-0.3, -0.25) is 4.68 Å². The van der Waals surface area contributed by atoms with Crippen molar-refractivity contribution in [3.8, 4) is 0 Å². The van der Waals surface area contributed by atoms with Gasteiger partial charge in [-0.25, -0.2) is 17.9 Å². The number of nitrogens with one attached hydrogen (secondary N) is 1. The average molecular weight is 295 g/mol. The Morgan fingerprint density at radius 3 is 2.50 bits per heavy atom. The predicted octanol–water partition coefficient (Wildman–Crippen LogP) is 0.597. The van der Waals surface area contributed by atoms with Crippen LogP contribution in [0.25, 0.3) is 0 Å². The largest absolute Gasteiger partial charge is 0.478 e. The highest BCUT2D eigenvalue weighted by Crippen LogP contribution is 2.09. The van der Waals surface area contributed by atoms with Crippen molar-refractivity contribution >= 4 is 16.0 Å². The first kappa shape index (κ1) is 14.2. The van der Waals surface area contributed by atoms with Crippen molar-refractivity contribution in [1.82, 2.24) is 14.5 Å². The molecule has 0 amide bonds. The van der Waals surface area contributed by atoms with Gasteiger partial charge in [-0.1, -0.05) is 12.1 Å². The molecule has 2 aromatic rings. The molecule has 7 nitrogen and oxygen atoms in total. The minimum Gasteiger partial charge on any atom is -0.478 e. The molecule has 0 bridgehead atoms. The molecule has 106 valence electrons. The summed E-state index contributed by atoms with van der Waals surface area (Å²) < 4.78 is 27.7. The molecule has 20 heavy (non-hydrogen) atoms. The molecule has 1 aromatic carbocycles. The second-order valence-electron chi connectivity index (χ2n) is 4.18. The molecule has 0 saturated heterocycles. The van der Waals surface area contributed by atoms with Crippen molar-refractivity contribution in [2.45, 2.75) is 11.4 Å². The van der Waals surface area contributed by atoms with E-state index < -0.39 is 16.0 Å². The van der Waals surface area contributed by atoms with Crippen molar-refractivity contribution in [2.24, 2.45) is 7.05 Å². The minimum atomic E-state index is -3.61. The molecule has 0 aliphatic carbocycles. The zero-order valence-electron chi connectivity index (χ0n) is 10.6. The maximum atomic E-state index is 11.9. The summed E-state index contributed by atoms with van der Waals surface area (Å²) in [4.78, 5) is 10.8. The number of rotatable bonds is 5. The van der Waals surface area contributed by atoms with Crippen molar-refractivity contribution in [1.29, 1.82) is 0 Å². The lowest BCUT2D eigenvalue weighted by molar-refractivity contribution is 0.0697. The van der Waals surface area contributed by atoms with Gasteiger partial charge in [0.25, 0.3) is 0 Å². The topological polar surface area (TPSA) is 101 Å². The first-order valence-electron chi connectivity index (χ1n) is 5.69. The average Bonchev–Trinajstić information content (AvgIpc) is 2.84. The zero-order chi connectivity index (χ0) is 14.8. The van der Waals surface area contributed by atoms with Crippen LogP contribution < -0.4 is 4.72 Å². The van der Waals surface area contributed by atoms with Gasteiger partial charge in [-0.2, -0.15) is 5.10 Å². The third kappa shape index (κ3) is 3.22. The molecule has 8 heteroatoms. The van der Waals surface area contributed by atoms with Crippen molar-refractivity contribution in [2.75, 3.05) is 0 Å². The predicted molar refractivity (Wildman–Crippen MR) is 70.6 cm³/mol. The number of aromatic carboxylic acids is 1. The number of nitrogens with zero attached hydrogens (tertiary/aromatic N) is 2. The van der Waals surface area contributed by atoms with Gasteiger partial charge in [0.2, 0.25) is 10.0 Å². The van der Waals surface area contributed by atoms with E-state index in [0.717, 1.165) is 0 Å². The van der Waals surface area contributed by atoms with Crippen LogP contribution in [0.2, 0.25) is 0 Å². The van der Waals surface area contributed by atoms with E-state index in [9.17, 15) is 13.2 Å². The molecule has 0 aliphatic heterocycles. The summed E-state index contributed by atoms with van der Waals surface area (Å²) >= 11 is 0. The number of sulfonamides is 1. The lowest BCUT2D eigenvalue weighted by Gasteiger charge is -2.05. The number of benzene rings is 1. The van der Waals surface area contributed by atoms with E-state index in [4.69, 9.17) is 5.11 Å². The SMILES string of the molecule is Cn1cc(S(=O)(=O)NCc2ccc(C(=O)O)cc2)cn1. The summed E-state index contributed by atoms with van der Waals surface area (Å²) in [5.41, 5.74) is 0.825. The van der Waals surface area contributed by atoms with E-state index in [1.165, 1.54) is 29.2 Å². The molecule has 2 N–H and O–H groups in total. The Morgan fingerprint density at radius 1 is 1.35 bits per heavy atom. The van der Waals surface area contributed by atoms with E-state index in [1.54, 1.807) is 19.2 Å². The van der Waals surface area contributed by atoms with Crippen LogP contribution in [-0.2, 0) is 23.6 Å². The molecule has 0 radical (unpaired) electrons. The Hall–Kier alpha value is -2.19. The van der Waals surface area contributed by atoms with Gasteiger partial charge >= 0.3 is 5.97 Å². The normalized spacial score (nSPS) is 11.4. The van der Waals surface area contributed by atoms with Gasteiger partial charge < -0.3 is 5.11 Å². The summed E-state index contributed by atoms with van der Waals surface area (Å²) in [6.45, 7) is 0.0805. The molecule has 0 saturated carbocycles. The lowest BCUT2D eigenvalue weighted by atomic mass is 10.1. The second-order valence-corrected chi connectivity index (χ2v) is 5.94. The highest BCUT2D eigenvalue weighted by molar-refractivity contribution is 7.89. The molecule has 2 rings (SSSR count).